The van der Waals surface area contributed by atoms with E-state index in [1.54, 1.807) is 4.90 Å². The molecule has 0 saturated heterocycles. The Balaban J connectivity index is 1.60. The highest BCUT2D eigenvalue weighted by Gasteiger charge is 2.25. The average Bonchev–Trinajstić information content (AvgIpc) is 2.86. The second-order valence-electron chi connectivity index (χ2n) is 6.72. The van der Waals surface area contributed by atoms with Crippen molar-refractivity contribution < 1.29 is 14.3 Å². The maximum absolute atomic E-state index is 13.3. The molecule has 138 valence electrons. The molecule has 1 aliphatic heterocycles. The number of rotatable bonds is 2. The maximum atomic E-state index is 13.3. The number of hydrogen-bond acceptors (Lipinski definition) is 3. The highest BCUT2D eigenvalue weighted by Crippen LogP contribution is 2.28. The summed E-state index contributed by atoms with van der Waals surface area (Å²) < 4.78 is 15.2. The molecule has 4 rings (SSSR count). The van der Waals surface area contributed by atoms with E-state index in [0.717, 1.165) is 23.0 Å². The Morgan fingerprint density at radius 3 is 2.59 bits per heavy atom. The number of halogens is 1. The first-order valence-corrected chi connectivity index (χ1v) is 8.92. The third-order valence-electron chi connectivity index (χ3n) is 5.05. The average molecular weight is 365 g/mol. The summed E-state index contributed by atoms with van der Waals surface area (Å²) in [7, 11) is 1.93. The quantitative estimate of drug-likeness (QED) is 0.759. The third kappa shape index (κ3) is 3.18. The number of amides is 1. The molecule has 1 N–H and O–H groups in total. The first-order chi connectivity index (χ1) is 13.0. The SMILES string of the molecule is Cn1nc(-c2ccccc2)c2c1CCN(C(=O)c1ccc(F)c(O)c1)CC2. The van der Waals surface area contributed by atoms with E-state index in [4.69, 9.17) is 5.10 Å². The van der Waals surface area contributed by atoms with Gasteiger partial charge in [-0.2, -0.15) is 5.10 Å². The fraction of sp³-hybridized carbons (Fsp3) is 0.238. The topological polar surface area (TPSA) is 58.4 Å². The van der Waals surface area contributed by atoms with E-state index in [1.165, 1.54) is 17.7 Å². The first kappa shape index (κ1) is 17.3. The molecule has 0 unspecified atom stereocenters. The van der Waals surface area contributed by atoms with Gasteiger partial charge < -0.3 is 10.0 Å². The maximum Gasteiger partial charge on any atom is 0.254 e. The molecule has 0 fully saturated rings. The van der Waals surface area contributed by atoms with Gasteiger partial charge in [0.05, 0.1) is 5.69 Å². The van der Waals surface area contributed by atoms with Crippen molar-refractivity contribution in [3.05, 3.63) is 71.2 Å². The summed E-state index contributed by atoms with van der Waals surface area (Å²) in [6.45, 7) is 1.10. The van der Waals surface area contributed by atoms with Crippen LogP contribution in [0.25, 0.3) is 11.3 Å². The van der Waals surface area contributed by atoms with Crippen LogP contribution in [0, 0.1) is 5.82 Å². The van der Waals surface area contributed by atoms with Crippen molar-refractivity contribution in [1.82, 2.24) is 14.7 Å². The van der Waals surface area contributed by atoms with Gasteiger partial charge in [0.1, 0.15) is 0 Å². The molecule has 0 radical (unpaired) electrons. The van der Waals surface area contributed by atoms with Crippen molar-refractivity contribution in [3.8, 4) is 17.0 Å². The molecule has 27 heavy (non-hydrogen) atoms. The van der Waals surface area contributed by atoms with Crippen LogP contribution in [-0.2, 0) is 19.9 Å². The molecule has 1 amide bonds. The number of phenols is 1. The predicted octanol–water partition coefficient (Wildman–Crippen LogP) is 3.17. The van der Waals surface area contributed by atoms with Gasteiger partial charge >= 0.3 is 0 Å². The van der Waals surface area contributed by atoms with E-state index in [9.17, 15) is 14.3 Å². The number of benzene rings is 2. The summed E-state index contributed by atoms with van der Waals surface area (Å²) in [6, 6.07) is 13.7. The summed E-state index contributed by atoms with van der Waals surface area (Å²) in [4.78, 5) is 14.6. The molecule has 3 aromatic rings. The van der Waals surface area contributed by atoms with Crippen LogP contribution >= 0.6 is 0 Å². The Morgan fingerprint density at radius 2 is 1.85 bits per heavy atom. The molecule has 5 nitrogen and oxygen atoms in total. The van der Waals surface area contributed by atoms with Crippen molar-refractivity contribution in [1.29, 1.82) is 0 Å². The lowest BCUT2D eigenvalue weighted by Crippen LogP contribution is -2.33. The minimum absolute atomic E-state index is 0.202. The second kappa shape index (κ2) is 6.87. The summed E-state index contributed by atoms with van der Waals surface area (Å²) in [5, 5.41) is 14.2. The molecule has 1 aromatic heterocycles. The van der Waals surface area contributed by atoms with E-state index in [0.29, 0.717) is 31.5 Å². The normalized spacial score (nSPS) is 13.9. The zero-order valence-electron chi connectivity index (χ0n) is 15.0. The van der Waals surface area contributed by atoms with Gasteiger partial charge in [0, 0.05) is 48.9 Å². The minimum Gasteiger partial charge on any atom is -0.505 e. The summed E-state index contributed by atoms with van der Waals surface area (Å²) in [5.41, 5.74) is 4.62. The highest BCUT2D eigenvalue weighted by atomic mass is 19.1. The fourth-order valence-corrected chi connectivity index (χ4v) is 3.64. The number of nitrogens with zero attached hydrogens (tertiary/aromatic N) is 3. The van der Waals surface area contributed by atoms with Crippen LogP contribution in [0.4, 0.5) is 4.39 Å². The van der Waals surface area contributed by atoms with Gasteiger partial charge in [0.25, 0.3) is 5.91 Å². The number of carbonyl (C=O) groups is 1. The fourth-order valence-electron chi connectivity index (χ4n) is 3.64. The van der Waals surface area contributed by atoms with E-state index in [1.807, 2.05) is 42.1 Å². The van der Waals surface area contributed by atoms with Crippen molar-refractivity contribution in [2.24, 2.45) is 7.05 Å². The third-order valence-corrected chi connectivity index (χ3v) is 5.05. The molecular formula is C21H20FN3O2. The van der Waals surface area contributed by atoms with E-state index in [-0.39, 0.29) is 5.91 Å². The highest BCUT2D eigenvalue weighted by molar-refractivity contribution is 5.94. The van der Waals surface area contributed by atoms with Crippen LogP contribution < -0.4 is 0 Å². The van der Waals surface area contributed by atoms with Crippen LogP contribution in [0.1, 0.15) is 21.6 Å². The molecule has 0 atom stereocenters. The summed E-state index contributed by atoms with van der Waals surface area (Å²) in [5.74, 6) is -1.43. The molecule has 6 heteroatoms. The predicted molar refractivity (Wildman–Crippen MR) is 100 cm³/mol. The first-order valence-electron chi connectivity index (χ1n) is 8.92. The number of hydrogen-bond donors (Lipinski definition) is 1. The Bertz CT molecular complexity index is 998. The van der Waals surface area contributed by atoms with Gasteiger partial charge in [-0.3, -0.25) is 9.48 Å². The monoisotopic (exact) mass is 365 g/mol. The lowest BCUT2D eigenvalue weighted by molar-refractivity contribution is 0.0762. The van der Waals surface area contributed by atoms with Gasteiger partial charge in [-0.15, -0.1) is 0 Å². The second-order valence-corrected chi connectivity index (χ2v) is 6.72. The largest absolute Gasteiger partial charge is 0.505 e. The van der Waals surface area contributed by atoms with Crippen LogP contribution in [-0.4, -0.2) is 38.8 Å². The lowest BCUT2D eigenvalue weighted by Gasteiger charge is -2.20. The molecule has 0 bridgehead atoms. The molecule has 0 spiro atoms. The smallest absolute Gasteiger partial charge is 0.254 e. The van der Waals surface area contributed by atoms with Crippen molar-refractivity contribution in [2.45, 2.75) is 12.8 Å². The van der Waals surface area contributed by atoms with E-state index >= 15 is 0 Å². The number of fused-ring (bicyclic) bond motifs is 1. The Labute approximate surface area is 156 Å². The van der Waals surface area contributed by atoms with Crippen LogP contribution in [0.3, 0.4) is 0 Å². The van der Waals surface area contributed by atoms with Gasteiger partial charge in [-0.05, 0) is 24.6 Å². The van der Waals surface area contributed by atoms with Crippen molar-refractivity contribution in [3.63, 3.8) is 0 Å². The Kier molecular flexibility index (Phi) is 4.39. The lowest BCUT2D eigenvalue weighted by atomic mass is 10.0. The molecule has 0 aliphatic carbocycles. The van der Waals surface area contributed by atoms with Crippen LogP contribution in [0.5, 0.6) is 5.75 Å². The molecule has 1 aliphatic rings. The van der Waals surface area contributed by atoms with Crippen molar-refractivity contribution >= 4 is 5.91 Å². The number of phenolic OH excluding ortho intramolecular Hbond substituents is 1. The van der Waals surface area contributed by atoms with E-state index < -0.39 is 11.6 Å². The summed E-state index contributed by atoms with van der Waals surface area (Å²) >= 11 is 0. The van der Waals surface area contributed by atoms with Gasteiger partial charge in [-0.25, -0.2) is 4.39 Å². The Hall–Kier alpha value is -3.15. The number of aromatic nitrogens is 2. The van der Waals surface area contributed by atoms with Gasteiger partial charge in [-0.1, -0.05) is 30.3 Å². The number of aromatic hydroxyl groups is 1. The number of carbonyl (C=O) groups excluding carboxylic acids is 1. The summed E-state index contributed by atoms with van der Waals surface area (Å²) in [6.07, 6.45) is 1.40. The minimum atomic E-state index is -0.728. The molecule has 2 heterocycles. The van der Waals surface area contributed by atoms with Crippen LogP contribution in [0.2, 0.25) is 0 Å². The van der Waals surface area contributed by atoms with Crippen LogP contribution in [0.15, 0.2) is 48.5 Å². The van der Waals surface area contributed by atoms with Gasteiger partial charge in [0.15, 0.2) is 11.6 Å². The molecule has 0 saturated carbocycles. The van der Waals surface area contributed by atoms with Crippen molar-refractivity contribution in [2.75, 3.05) is 13.1 Å². The standard InChI is InChI=1S/C21H20FN3O2/c1-24-18-10-12-25(21(27)15-7-8-17(22)19(26)13-15)11-9-16(18)20(23-24)14-5-3-2-4-6-14/h2-8,13,26H,9-12H2,1H3. The zero-order chi connectivity index (χ0) is 19.0. The molecular weight excluding hydrogens is 345 g/mol. The van der Waals surface area contributed by atoms with E-state index in [2.05, 4.69) is 0 Å². The number of aryl methyl sites for hydroxylation is 1. The Morgan fingerprint density at radius 1 is 1.11 bits per heavy atom. The zero-order valence-corrected chi connectivity index (χ0v) is 15.0. The van der Waals surface area contributed by atoms with Gasteiger partial charge in [0.2, 0.25) is 0 Å². The molecule has 2 aromatic carbocycles.